The fourth-order valence-corrected chi connectivity index (χ4v) is 3.84. The molecule has 1 aliphatic heterocycles. The van der Waals surface area contributed by atoms with E-state index in [0.29, 0.717) is 43.7 Å². The Morgan fingerprint density at radius 3 is 2.45 bits per heavy atom. The first-order chi connectivity index (χ1) is 14.9. The molecule has 0 radical (unpaired) electrons. The lowest BCUT2D eigenvalue weighted by atomic mass is 10.0. The number of nitrogens with zero attached hydrogens (tertiary/aromatic N) is 1. The zero-order valence-corrected chi connectivity index (χ0v) is 18.9. The molecule has 0 saturated carbocycles. The number of carbonyl (C=O) groups is 3. The lowest BCUT2D eigenvalue weighted by molar-refractivity contribution is -0.131. The van der Waals surface area contributed by atoms with Crippen molar-refractivity contribution in [2.45, 2.75) is 32.2 Å². The summed E-state index contributed by atoms with van der Waals surface area (Å²) in [6.45, 7) is 3.15. The molecule has 2 aromatic carbocycles. The lowest BCUT2D eigenvalue weighted by Crippen LogP contribution is -2.47. The van der Waals surface area contributed by atoms with E-state index in [1.165, 1.54) is 0 Å². The molecule has 31 heavy (non-hydrogen) atoms. The number of hydrogen-bond acceptors (Lipinski definition) is 5. The third-order valence-corrected chi connectivity index (χ3v) is 5.50. The standard InChI is InChI=1S/C23H25BrN2O5/c1-2-30-23(29)31-20-8-6-17(7-9-20)22(28)25-19-10-12-26(13-11-19)21(27)15-16-4-3-5-18(24)14-16/h3-9,14,19H,2,10-13,15H2,1H3,(H,25,28). The molecule has 3 rings (SSSR count). The number of hydrogen-bond donors (Lipinski definition) is 1. The Balaban J connectivity index is 1.45. The van der Waals surface area contributed by atoms with Gasteiger partial charge in [0.15, 0.2) is 0 Å². The highest BCUT2D eigenvalue weighted by Gasteiger charge is 2.24. The number of likely N-dealkylation sites (tertiary alicyclic amines) is 1. The molecular formula is C23H25BrN2O5. The molecule has 2 aromatic rings. The molecule has 0 atom stereocenters. The van der Waals surface area contributed by atoms with Crippen LogP contribution in [0, 0.1) is 0 Å². The van der Waals surface area contributed by atoms with Crippen LogP contribution >= 0.6 is 15.9 Å². The molecule has 0 aromatic heterocycles. The predicted octanol–water partition coefficient (Wildman–Crippen LogP) is 3.95. The average molecular weight is 489 g/mol. The third-order valence-electron chi connectivity index (χ3n) is 5.01. The molecule has 1 saturated heterocycles. The average Bonchev–Trinajstić information content (AvgIpc) is 2.75. The fraction of sp³-hybridized carbons (Fsp3) is 0.348. The smallest absolute Gasteiger partial charge is 0.434 e. The van der Waals surface area contributed by atoms with Crippen LogP contribution in [0.1, 0.15) is 35.7 Å². The predicted molar refractivity (Wildman–Crippen MR) is 119 cm³/mol. The summed E-state index contributed by atoms with van der Waals surface area (Å²) in [6, 6.07) is 14.1. The van der Waals surface area contributed by atoms with Crippen LogP contribution in [0.25, 0.3) is 0 Å². The molecule has 0 aliphatic carbocycles. The highest BCUT2D eigenvalue weighted by Crippen LogP contribution is 2.17. The first-order valence-electron chi connectivity index (χ1n) is 10.2. The van der Waals surface area contributed by atoms with Crippen molar-refractivity contribution in [1.82, 2.24) is 10.2 Å². The first kappa shape index (κ1) is 22.8. The highest BCUT2D eigenvalue weighted by atomic mass is 79.9. The lowest BCUT2D eigenvalue weighted by Gasteiger charge is -2.32. The van der Waals surface area contributed by atoms with E-state index < -0.39 is 6.16 Å². The fourth-order valence-electron chi connectivity index (χ4n) is 3.39. The Bertz CT molecular complexity index is 924. The van der Waals surface area contributed by atoms with E-state index in [-0.39, 0.29) is 24.5 Å². The number of ether oxygens (including phenoxy) is 2. The summed E-state index contributed by atoms with van der Waals surface area (Å²) in [5, 5.41) is 3.02. The summed E-state index contributed by atoms with van der Waals surface area (Å²) in [7, 11) is 0. The molecule has 0 spiro atoms. The number of piperidine rings is 1. The maximum atomic E-state index is 12.6. The van der Waals surface area contributed by atoms with Crippen molar-refractivity contribution in [3.63, 3.8) is 0 Å². The molecule has 1 fully saturated rings. The van der Waals surface area contributed by atoms with Crippen LogP contribution in [0.15, 0.2) is 53.0 Å². The highest BCUT2D eigenvalue weighted by molar-refractivity contribution is 9.10. The van der Waals surface area contributed by atoms with Crippen LogP contribution in [0.4, 0.5) is 4.79 Å². The number of amides is 2. The Kier molecular flexibility index (Phi) is 8.06. The van der Waals surface area contributed by atoms with Crippen molar-refractivity contribution in [3.8, 4) is 5.75 Å². The quantitative estimate of drug-likeness (QED) is 0.491. The van der Waals surface area contributed by atoms with Gasteiger partial charge in [-0.2, -0.15) is 0 Å². The molecule has 7 nitrogen and oxygen atoms in total. The van der Waals surface area contributed by atoms with Gasteiger partial charge < -0.3 is 19.7 Å². The van der Waals surface area contributed by atoms with Crippen LogP contribution in [0.5, 0.6) is 5.75 Å². The molecule has 1 N–H and O–H groups in total. The van der Waals surface area contributed by atoms with Crippen LogP contribution in [0.3, 0.4) is 0 Å². The third kappa shape index (κ3) is 6.82. The van der Waals surface area contributed by atoms with Crippen LogP contribution in [-0.2, 0) is 16.0 Å². The number of rotatable bonds is 6. The zero-order valence-electron chi connectivity index (χ0n) is 17.3. The molecule has 1 aliphatic rings. The Morgan fingerprint density at radius 2 is 1.81 bits per heavy atom. The number of benzene rings is 2. The Morgan fingerprint density at radius 1 is 1.10 bits per heavy atom. The van der Waals surface area contributed by atoms with Crippen molar-refractivity contribution >= 4 is 33.9 Å². The zero-order chi connectivity index (χ0) is 22.2. The maximum Gasteiger partial charge on any atom is 0.513 e. The van der Waals surface area contributed by atoms with Gasteiger partial charge in [0, 0.05) is 29.2 Å². The molecule has 2 amide bonds. The summed E-state index contributed by atoms with van der Waals surface area (Å²) in [5.74, 6) is 0.217. The normalized spacial score (nSPS) is 14.1. The minimum atomic E-state index is -0.777. The number of carbonyl (C=O) groups excluding carboxylic acids is 3. The van der Waals surface area contributed by atoms with Gasteiger partial charge in [-0.1, -0.05) is 28.1 Å². The van der Waals surface area contributed by atoms with E-state index in [2.05, 4.69) is 21.2 Å². The summed E-state index contributed by atoms with van der Waals surface area (Å²) >= 11 is 3.43. The van der Waals surface area contributed by atoms with Gasteiger partial charge in [-0.25, -0.2) is 4.79 Å². The van der Waals surface area contributed by atoms with Gasteiger partial charge in [0.25, 0.3) is 5.91 Å². The topological polar surface area (TPSA) is 84.9 Å². The second-order valence-electron chi connectivity index (χ2n) is 7.24. The van der Waals surface area contributed by atoms with Crippen molar-refractivity contribution in [3.05, 3.63) is 64.1 Å². The second-order valence-corrected chi connectivity index (χ2v) is 8.16. The molecule has 164 valence electrons. The van der Waals surface area contributed by atoms with Crippen LogP contribution in [0.2, 0.25) is 0 Å². The molecule has 1 heterocycles. The Labute approximate surface area is 189 Å². The minimum absolute atomic E-state index is 0.0119. The molecule has 8 heteroatoms. The van der Waals surface area contributed by atoms with E-state index in [4.69, 9.17) is 9.47 Å². The van der Waals surface area contributed by atoms with E-state index in [1.807, 2.05) is 29.2 Å². The van der Waals surface area contributed by atoms with Crippen molar-refractivity contribution < 1.29 is 23.9 Å². The van der Waals surface area contributed by atoms with Gasteiger partial charge in [-0.05, 0) is 61.7 Å². The molecule has 0 unspecified atom stereocenters. The van der Waals surface area contributed by atoms with Crippen molar-refractivity contribution in [2.24, 2.45) is 0 Å². The van der Waals surface area contributed by atoms with E-state index in [0.717, 1.165) is 10.0 Å². The molecular weight excluding hydrogens is 464 g/mol. The summed E-state index contributed by atoms with van der Waals surface area (Å²) in [5.41, 5.74) is 1.45. The van der Waals surface area contributed by atoms with Crippen LogP contribution in [-0.4, -0.2) is 48.6 Å². The van der Waals surface area contributed by atoms with Gasteiger partial charge >= 0.3 is 6.16 Å². The SMILES string of the molecule is CCOC(=O)Oc1ccc(C(=O)NC2CCN(C(=O)Cc3cccc(Br)c3)CC2)cc1. The Hall–Kier alpha value is -2.87. The summed E-state index contributed by atoms with van der Waals surface area (Å²) < 4.78 is 10.7. The van der Waals surface area contributed by atoms with Crippen molar-refractivity contribution in [1.29, 1.82) is 0 Å². The van der Waals surface area contributed by atoms with Gasteiger partial charge in [0.1, 0.15) is 5.75 Å². The summed E-state index contributed by atoms with van der Waals surface area (Å²) in [6.07, 6.45) is 1.01. The summed E-state index contributed by atoms with van der Waals surface area (Å²) in [4.78, 5) is 38.2. The van der Waals surface area contributed by atoms with Crippen molar-refractivity contribution in [2.75, 3.05) is 19.7 Å². The molecule has 0 bridgehead atoms. The van der Waals surface area contributed by atoms with Gasteiger partial charge in [-0.15, -0.1) is 0 Å². The largest absolute Gasteiger partial charge is 0.513 e. The first-order valence-corrected chi connectivity index (χ1v) is 11.0. The van der Waals surface area contributed by atoms with Gasteiger partial charge in [0.2, 0.25) is 5.91 Å². The van der Waals surface area contributed by atoms with E-state index >= 15 is 0 Å². The monoisotopic (exact) mass is 488 g/mol. The van der Waals surface area contributed by atoms with E-state index in [9.17, 15) is 14.4 Å². The van der Waals surface area contributed by atoms with Gasteiger partial charge in [-0.3, -0.25) is 9.59 Å². The number of nitrogens with one attached hydrogen (secondary N) is 1. The maximum absolute atomic E-state index is 12.6. The minimum Gasteiger partial charge on any atom is -0.434 e. The van der Waals surface area contributed by atoms with Gasteiger partial charge in [0.05, 0.1) is 13.0 Å². The second kappa shape index (κ2) is 10.9. The van der Waals surface area contributed by atoms with Crippen LogP contribution < -0.4 is 10.1 Å². The number of halogens is 1. The van der Waals surface area contributed by atoms with E-state index in [1.54, 1.807) is 31.2 Å².